The van der Waals surface area contributed by atoms with Gasteiger partial charge in [-0.05, 0) is 68.9 Å². The number of nitrogens with zero attached hydrogens (tertiary/aromatic N) is 2. The van der Waals surface area contributed by atoms with Gasteiger partial charge in [0.15, 0.2) is 5.11 Å². The lowest BCUT2D eigenvalue weighted by Gasteiger charge is -2.18. The number of carbonyl (C=O) groups excluding carboxylic acids is 2. The molecule has 4 rings (SSSR count). The minimum Gasteiger partial charge on any atom is -0.462 e. The van der Waals surface area contributed by atoms with Gasteiger partial charge in [-0.2, -0.15) is 0 Å². The van der Waals surface area contributed by atoms with Crippen LogP contribution in [-0.2, 0) is 17.6 Å². The Morgan fingerprint density at radius 3 is 2.70 bits per heavy atom. The standard InChI is InChI=1S/C22H24N4O5S2/c1-2-31-21(28)18-14-6-5-7-17(14)33-20(18)24-22(32)23-19(27)13-8-9-15(16(12-13)26(29)30)25-10-3-4-11-25/h8-9,12H,2-7,10-11H2,1H3,(H2,23,24,27,32). The maximum Gasteiger partial charge on any atom is 0.341 e. The van der Waals surface area contributed by atoms with Crippen molar-refractivity contribution < 1.29 is 19.2 Å². The fraction of sp³-hybridized carbons (Fsp3) is 0.409. The lowest BCUT2D eigenvalue weighted by Crippen LogP contribution is -2.34. The number of fused-ring (bicyclic) bond motifs is 1. The van der Waals surface area contributed by atoms with Gasteiger partial charge in [-0.3, -0.25) is 20.2 Å². The van der Waals surface area contributed by atoms with Gasteiger partial charge in [-0.15, -0.1) is 11.3 Å². The SMILES string of the molecule is CCOC(=O)c1c(NC(=S)NC(=O)c2ccc(N3CCCC3)c([N+](=O)[O-])c2)sc2c1CCC2. The van der Waals surface area contributed by atoms with Crippen LogP contribution in [0.25, 0.3) is 0 Å². The first-order valence-electron chi connectivity index (χ1n) is 10.9. The van der Waals surface area contributed by atoms with Crippen molar-refractivity contribution in [1.29, 1.82) is 0 Å². The van der Waals surface area contributed by atoms with E-state index in [1.807, 2.05) is 4.90 Å². The molecule has 9 nitrogen and oxygen atoms in total. The number of hydrogen-bond acceptors (Lipinski definition) is 8. The average Bonchev–Trinajstić information content (AvgIpc) is 3.51. The highest BCUT2D eigenvalue weighted by Crippen LogP contribution is 2.39. The Morgan fingerprint density at radius 2 is 2.00 bits per heavy atom. The minimum atomic E-state index is -0.564. The minimum absolute atomic E-state index is 0.0109. The molecule has 11 heteroatoms. The number of nitrogens with one attached hydrogen (secondary N) is 2. The summed E-state index contributed by atoms with van der Waals surface area (Å²) in [5.41, 5.74) is 1.98. The number of nitro benzene ring substituents is 1. The lowest BCUT2D eigenvalue weighted by molar-refractivity contribution is -0.384. The largest absolute Gasteiger partial charge is 0.462 e. The lowest BCUT2D eigenvalue weighted by atomic mass is 10.1. The van der Waals surface area contributed by atoms with Crippen molar-refractivity contribution in [2.24, 2.45) is 0 Å². The van der Waals surface area contributed by atoms with Gasteiger partial charge < -0.3 is 15.0 Å². The maximum atomic E-state index is 12.8. The van der Waals surface area contributed by atoms with E-state index in [0.717, 1.165) is 55.6 Å². The van der Waals surface area contributed by atoms with Gasteiger partial charge in [-0.25, -0.2) is 4.79 Å². The number of thiocarbonyl (C=S) groups is 1. The van der Waals surface area contributed by atoms with E-state index < -0.39 is 16.8 Å². The van der Waals surface area contributed by atoms with Crippen molar-refractivity contribution in [2.45, 2.75) is 39.0 Å². The smallest absolute Gasteiger partial charge is 0.341 e. The van der Waals surface area contributed by atoms with Crippen molar-refractivity contribution in [3.8, 4) is 0 Å². The molecule has 1 aromatic heterocycles. The summed E-state index contributed by atoms with van der Waals surface area (Å²) in [6, 6.07) is 4.44. The van der Waals surface area contributed by atoms with Crippen LogP contribution in [0.4, 0.5) is 16.4 Å². The number of anilines is 2. The molecule has 0 radical (unpaired) electrons. The van der Waals surface area contributed by atoms with E-state index in [1.54, 1.807) is 19.1 Å². The Morgan fingerprint density at radius 1 is 1.24 bits per heavy atom. The molecular formula is C22H24N4O5S2. The molecule has 1 amide bonds. The Kier molecular flexibility index (Phi) is 6.89. The van der Waals surface area contributed by atoms with E-state index in [-0.39, 0.29) is 23.0 Å². The number of carbonyl (C=O) groups is 2. The van der Waals surface area contributed by atoms with Gasteiger partial charge in [0.25, 0.3) is 11.6 Å². The van der Waals surface area contributed by atoms with E-state index in [0.29, 0.717) is 16.3 Å². The molecule has 174 valence electrons. The highest BCUT2D eigenvalue weighted by atomic mass is 32.1. The second-order valence-electron chi connectivity index (χ2n) is 7.84. The van der Waals surface area contributed by atoms with Gasteiger partial charge >= 0.3 is 5.97 Å². The summed E-state index contributed by atoms with van der Waals surface area (Å²) < 4.78 is 5.20. The van der Waals surface area contributed by atoms with Crippen molar-refractivity contribution in [2.75, 3.05) is 29.9 Å². The second kappa shape index (κ2) is 9.84. The molecule has 0 saturated carbocycles. The molecule has 2 aromatic rings. The van der Waals surface area contributed by atoms with Crippen molar-refractivity contribution in [3.63, 3.8) is 0 Å². The van der Waals surface area contributed by atoms with E-state index in [9.17, 15) is 19.7 Å². The number of ether oxygens (including phenoxy) is 1. The fourth-order valence-corrected chi connectivity index (χ4v) is 5.80. The van der Waals surface area contributed by atoms with E-state index in [2.05, 4.69) is 10.6 Å². The van der Waals surface area contributed by atoms with Crippen LogP contribution >= 0.6 is 23.6 Å². The molecule has 1 aliphatic heterocycles. The summed E-state index contributed by atoms with van der Waals surface area (Å²) in [7, 11) is 0. The topological polar surface area (TPSA) is 114 Å². The molecule has 33 heavy (non-hydrogen) atoms. The molecule has 1 saturated heterocycles. The highest BCUT2D eigenvalue weighted by molar-refractivity contribution is 7.80. The Hall–Kier alpha value is -3.05. The average molecular weight is 489 g/mol. The van der Waals surface area contributed by atoms with Crippen LogP contribution in [0.15, 0.2) is 18.2 Å². The molecule has 1 aromatic carbocycles. The van der Waals surface area contributed by atoms with Gasteiger partial charge in [0.05, 0.1) is 17.1 Å². The number of aryl methyl sites for hydroxylation is 1. The molecule has 0 bridgehead atoms. The molecule has 1 aliphatic carbocycles. The third-order valence-corrected chi connectivity index (χ3v) is 7.15. The summed E-state index contributed by atoms with van der Waals surface area (Å²) in [4.78, 5) is 39.5. The second-order valence-corrected chi connectivity index (χ2v) is 9.36. The zero-order chi connectivity index (χ0) is 23.5. The number of hydrogen-bond donors (Lipinski definition) is 2. The van der Waals surface area contributed by atoms with Gasteiger partial charge in [-0.1, -0.05) is 0 Å². The van der Waals surface area contributed by atoms with Crippen LogP contribution in [-0.4, -0.2) is 41.6 Å². The molecular weight excluding hydrogens is 464 g/mol. The summed E-state index contributed by atoms with van der Waals surface area (Å²) in [6.07, 6.45) is 4.65. The first-order valence-corrected chi connectivity index (χ1v) is 12.1. The number of rotatable bonds is 6. The molecule has 2 heterocycles. The van der Waals surface area contributed by atoms with Crippen molar-refractivity contribution >= 4 is 56.9 Å². The number of esters is 1. The molecule has 2 N–H and O–H groups in total. The van der Waals surface area contributed by atoms with E-state index in [1.165, 1.54) is 17.4 Å². The summed E-state index contributed by atoms with van der Waals surface area (Å²) in [5, 5.41) is 17.7. The van der Waals surface area contributed by atoms with E-state index >= 15 is 0 Å². The van der Waals surface area contributed by atoms with Crippen LogP contribution in [0.1, 0.15) is 57.3 Å². The normalized spacial score (nSPS) is 14.6. The van der Waals surface area contributed by atoms with Crippen molar-refractivity contribution in [1.82, 2.24) is 5.32 Å². The first kappa shape index (κ1) is 23.1. The summed E-state index contributed by atoms with van der Waals surface area (Å²) >= 11 is 6.73. The third-order valence-electron chi connectivity index (χ3n) is 5.74. The number of benzene rings is 1. The van der Waals surface area contributed by atoms with Crippen LogP contribution < -0.4 is 15.5 Å². The number of nitro groups is 1. The monoisotopic (exact) mass is 488 g/mol. The zero-order valence-electron chi connectivity index (χ0n) is 18.1. The van der Waals surface area contributed by atoms with Crippen LogP contribution in [0.2, 0.25) is 0 Å². The molecule has 0 atom stereocenters. The van der Waals surface area contributed by atoms with E-state index in [4.69, 9.17) is 17.0 Å². The van der Waals surface area contributed by atoms with Crippen LogP contribution in [0.3, 0.4) is 0 Å². The summed E-state index contributed by atoms with van der Waals surface area (Å²) in [6.45, 7) is 3.52. The van der Waals surface area contributed by atoms with Gasteiger partial charge in [0.1, 0.15) is 10.7 Å². The van der Waals surface area contributed by atoms with Crippen LogP contribution in [0, 0.1) is 10.1 Å². The summed E-state index contributed by atoms with van der Waals surface area (Å²) in [5.74, 6) is -0.980. The van der Waals surface area contributed by atoms with Crippen LogP contribution in [0.5, 0.6) is 0 Å². The predicted molar refractivity (Wildman–Crippen MR) is 131 cm³/mol. The maximum absolute atomic E-state index is 12.8. The number of thiophene rings is 1. The zero-order valence-corrected chi connectivity index (χ0v) is 19.8. The van der Waals surface area contributed by atoms with Crippen molar-refractivity contribution in [3.05, 3.63) is 49.9 Å². The van der Waals surface area contributed by atoms with Gasteiger partial charge in [0, 0.05) is 29.6 Å². The molecule has 0 unspecified atom stereocenters. The Bertz CT molecular complexity index is 1120. The third kappa shape index (κ3) is 4.83. The molecule has 1 fully saturated rings. The Balaban J connectivity index is 1.50. The van der Waals surface area contributed by atoms with Gasteiger partial charge in [0.2, 0.25) is 0 Å². The predicted octanol–water partition coefficient (Wildman–Crippen LogP) is 4.05. The Labute approximate surface area is 200 Å². The highest BCUT2D eigenvalue weighted by Gasteiger charge is 2.28. The fourth-order valence-electron chi connectivity index (χ4n) is 4.26. The molecule has 2 aliphatic rings. The molecule has 0 spiro atoms. The number of amides is 1. The first-order chi connectivity index (χ1) is 15.9. The quantitative estimate of drug-likeness (QED) is 0.271.